The number of nitrogens with one attached hydrogen (secondary N) is 2. The maximum Gasteiger partial charge on any atom is 0.198 e. The van der Waals surface area contributed by atoms with Crippen molar-refractivity contribution in [1.29, 1.82) is 0 Å². The van der Waals surface area contributed by atoms with Crippen LogP contribution in [0.2, 0.25) is 0 Å². The Bertz CT molecular complexity index is 2950. The second-order valence-electron chi connectivity index (χ2n) is 13.8. The summed E-state index contributed by atoms with van der Waals surface area (Å²) in [4.78, 5) is 17.5. The van der Waals surface area contributed by atoms with E-state index in [2.05, 4.69) is 41.8 Å². The standard InChI is InChI=1S/C48H26Br2F4N4/c49-39-40(50)48-36(28-19-11-4-12-20-28)32-24-22-30(56-32)34(26-15-7-2-8-16-26)46-38-37(41(51)43(53)44(54)42(38)52)45(57-46)33(25-13-5-1-6-14-25)29-21-23-31(55-29)35(47(39)58-48)27-17-9-3-10-18-27/h1-24,55-56H. The van der Waals surface area contributed by atoms with Crippen molar-refractivity contribution in [3.63, 3.8) is 0 Å². The highest BCUT2D eigenvalue weighted by Crippen LogP contribution is 2.51. The van der Waals surface area contributed by atoms with E-state index in [1.807, 2.05) is 146 Å². The fourth-order valence-electron chi connectivity index (χ4n) is 7.88. The first kappa shape index (κ1) is 36.0. The Balaban J connectivity index is 1.51. The van der Waals surface area contributed by atoms with Crippen molar-refractivity contribution in [3.05, 3.63) is 180 Å². The SMILES string of the molecule is Fc1c(F)c(F)c2c(c1F)-c1nc-2c(-c2ccccc2)c2ccc([nH]2)c(-c2ccccc2)c2nc(c(-c3ccccc3)c3ccc([nH]3)c1-c1ccccc1)C(Br)=C2Br. The van der Waals surface area contributed by atoms with Crippen LogP contribution in [0, 0.1) is 23.3 Å². The summed E-state index contributed by atoms with van der Waals surface area (Å²) >= 11 is 7.79. The molecule has 8 bridgehead atoms. The van der Waals surface area contributed by atoms with Crippen LogP contribution >= 0.6 is 31.9 Å². The van der Waals surface area contributed by atoms with Crippen molar-refractivity contribution >= 4 is 62.9 Å². The smallest absolute Gasteiger partial charge is 0.198 e. The zero-order chi connectivity index (χ0) is 39.7. The summed E-state index contributed by atoms with van der Waals surface area (Å²) in [5, 5.41) is 0. The average molecular weight is 895 g/mol. The maximum atomic E-state index is 16.6. The molecule has 10 rings (SSSR count). The van der Waals surface area contributed by atoms with Crippen LogP contribution in [0.15, 0.2) is 146 Å². The lowest BCUT2D eigenvalue weighted by molar-refractivity contribution is 0.413. The molecule has 5 aromatic carbocycles. The normalized spacial score (nSPS) is 12.2. The van der Waals surface area contributed by atoms with Crippen molar-refractivity contribution in [3.8, 4) is 67.0 Å². The van der Waals surface area contributed by atoms with Crippen molar-refractivity contribution in [2.75, 3.05) is 0 Å². The Morgan fingerprint density at radius 2 is 0.569 bits per heavy atom. The summed E-state index contributed by atoms with van der Waals surface area (Å²) in [5.41, 5.74) is 7.48. The number of fused-ring (bicyclic) bond motifs is 11. The lowest BCUT2D eigenvalue weighted by Gasteiger charge is -2.11. The molecule has 3 aromatic heterocycles. The quantitative estimate of drug-likeness (QED) is 0.105. The van der Waals surface area contributed by atoms with Crippen molar-refractivity contribution in [2.24, 2.45) is 0 Å². The fourth-order valence-corrected chi connectivity index (χ4v) is 8.83. The van der Waals surface area contributed by atoms with Crippen molar-refractivity contribution < 1.29 is 17.6 Å². The van der Waals surface area contributed by atoms with E-state index in [4.69, 9.17) is 9.97 Å². The molecule has 8 aromatic rings. The van der Waals surface area contributed by atoms with Crippen LogP contribution in [-0.4, -0.2) is 19.9 Å². The van der Waals surface area contributed by atoms with E-state index >= 15 is 17.6 Å². The van der Waals surface area contributed by atoms with Crippen LogP contribution in [0.5, 0.6) is 0 Å². The molecule has 0 fully saturated rings. The molecule has 4 nitrogen and oxygen atoms in total. The second-order valence-corrected chi connectivity index (χ2v) is 15.4. The zero-order valence-corrected chi connectivity index (χ0v) is 33.2. The fraction of sp³-hybridized carbons (Fsp3) is 0. The number of rotatable bonds is 4. The molecule has 5 heterocycles. The van der Waals surface area contributed by atoms with Gasteiger partial charge in [0.25, 0.3) is 0 Å². The Labute approximate surface area is 345 Å². The Morgan fingerprint density at radius 1 is 0.310 bits per heavy atom. The summed E-state index contributed by atoms with van der Waals surface area (Å²) in [6.07, 6.45) is 0. The number of nitrogens with zero attached hydrogens (tertiary/aromatic N) is 2. The first-order valence-corrected chi connectivity index (χ1v) is 19.8. The van der Waals surface area contributed by atoms with Gasteiger partial charge >= 0.3 is 0 Å². The van der Waals surface area contributed by atoms with Gasteiger partial charge in [-0.2, -0.15) is 0 Å². The van der Waals surface area contributed by atoms with Gasteiger partial charge in [-0.15, -0.1) is 0 Å². The molecular weight excluding hydrogens is 868 g/mol. The van der Waals surface area contributed by atoms with Gasteiger partial charge in [-0.05, 0) is 78.4 Å². The van der Waals surface area contributed by atoms with Crippen LogP contribution in [0.4, 0.5) is 17.6 Å². The Kier molecular flexibility index (Phi) is 8.84. The summed E-state index contributed by atoms with van der Waals surface area (Å²) in [7, 11) is 0. The third-order valence-corrected chi connectivity index (χ3v) is 12.5. The summed E-state index contributed by atoms with van der Waals surface area (Å²) in [6, 6.07) is 45.1. The van der Waals surface area contributed by atoms with Gasteiger partial charge in [0.05, 0.1) is 42.9 Å². The van der Waals surface area contributed by atoms with Gasteiger partial charge in [0.15, 0.2) is 23.3 Å². The summed E-state index contributed by atoms with van der Waals surface area (Å²) < 4.78 is 65.6. The van der Waals surface area contributed by atoms with Crippen molar-refractivity contribution in [2.45, 2.75) is 0 Å². The molecule has 0 atom stereocenters. The molecule has 0 saturated carbocycles. The van der Waals surface area contributed by atoms with Crippen LogP contribution in [0.25, 0.3) is 98.1 Å². The van der Waals surface area contributed by atoms with E-state index in [0.717, 1.165) is 22.3 Å². The minimum absolute atomic E-state index is 0.0670. The molecule has 2 N–H and O–H groups in total. The van der Waals surface area contributed by atoms with Crippen LogP contribution in [0.3, 0.4) is 0 Å². The molecule has 0 aliphatic carbocycles. The predicted molar refractivity (Wildman–Crippen MR) is 232 cm³/mol. The van der Waals surface area contributed by atoms with E-state index in [0.29, 0.717) is 64.7 Å². The highest BCUT2D eigenvalue weighted by Gasteiger charge is 2.36. The van der Waals surface area contributed by atoms with Gasteiger partial charge in [-0.1, -0.05) is 121 Å². The molecule has 0 amide bonds. The summed E-state index contributed by atoms with van der Waals surface area (Å²) in [5.74, 6) is -6.93. The van der Waals surface area contributed by atoms with Gasteiger partial charge in [0.2, 0.25) is 0 Å². The molecule has 0 spiro atoms. The second kappa shape index (κ2) is 14.2. The highest BCUT2D eigenvalue weighted by molar-refractivity contribution is 9.18. The number of H-pyrrole nitrogens is 2. The number of hydrogen-bond acceptors (Lipinski definition) is 2. The van der Waals surface area contributed by atoms with Gasteiger partial charge in [-0.3, -0.25) is 0 Å². The number of benzene rings is 5. The van der Waals surface area contributed by atoms with Crippen LogP contribution in [0.1, 0.15) is 11.4 Å². The molecule has 280 valence electrons. The molecule has 0 radical (unpaired) electrons. The highest BCUT2D eigenvalue weighted by atomic mass is 79.9. The van der Waals surface area contributed by atoms with E-state index in [9.17, 15) is 0 Å². The lowest BCUT2D eigenvalue weighted by Crippen LogP contribution is -2.01. The first-order chi connectivity index (χ1) is 28.3. The summed E-state index contributed by atoms with van der Waals surface area (Å²) in [6.45, 7) is 0. The number of aromatic amines is 2. The molecule has 0 unspecified atom stereocenters. The van der Waals surface area contributed by atoms with Gasteiger partial charge < -0.3 is 9.97 Å². The molecule has 58 heavy (non-hydrogen) atoms. The number of hydrogen-bond donors (Lipinski definition) is 2. The largest absolute Gasteiger partial charge is 0.354 e. The van der Waals surface area contributed by atoms with E-state index in [1.165, 1.54) is 0 Å². The molecule has 0 saturated heterocycles. The molecule has 2 aliphatic rings. The van der Waals surface area contributed by atoms with E-state index in [-0.39, 0.29) is 11.4 Å². The number of aromatic nitrogens is 4. The average Bonchev–Trinajstić information content (AvgIpc) is 4.07. The first-order valence-electron chi connectivity index (χ1n) is 18.2. The van der Waals surface area contributed by atoms with Crippen LogP contribution < -0.4 is 0 Å². The van der Waals surface area contributed by atoms with E-state index in [1.54, 1.807) is 0 Å². The molecular formula is C48H26Br2F4N4. The molecule has 10 heteroatoms. The molecule has 2 aliphatic heterocycles. The predicted octanol–water partition coefficient (Wildman–Crippen LogP) is 14.5. The topological polar surface area (TPSA) is 57.4 Å². The Morgan fingerprint density at radius 3 is 0.862 bits per heavy atom. The third-order valence-electron chi connectivity index (χ3n) is 10.4. The lowest BCUT2D eigenvalue weighted by atomic mass is 9.94. The monoisotopic (exact) mass is 892 g/mol. The van der Waals surface area contributed by atoms with E-state index < -0.39 is 34.4 Å². The minimum atomic E-state index is -1.92. The van der Waals surface area contributed by atoms with Gasteiger partial charge in [-0.25, -0.2) is 27.5 Å². The number of halogens is 6. The van der Waals surface area contributed by atoms with Gasteiger partial charge in [0.1, 0.15) is 0 Å². The van der Waals surface area contributed by atoms with Crippen molar-refractivity contribution in [1.82, 2.24) is 19.9 Å². The Hall–Kier alpha value is -6.36. The van der Waals surface area contributed by atoms with Crippen LogP contribution in [-0.2, 0) is 0 Å². The maximum absolute atomic E-state index is 16.6. The van der Waals surface area contributed by atoms with Gasteiger partial charge in [0, 0.05) is 44.3 Å². The third kappa shape index (κ3) is 5.69. The zero-order valence-electron chi connectivity index (χ0n) is 30.0. The minimum Gasteiger partial charge on any atom is -0.354 e.